The molecule has 2 rings (SSSR count). The summed E-state index contributed by atoms with van der Waals surface area (Å²) in [5, 5.41) is 0. The van der Waals surface area contributed by atoms with E-state index in [-0.39, 0.29) is 17.2 Å². The molecule has 0 radical (unpaired) electrons. The van der Waals surface area contributed by atoms with Gasteiger partial charge in [-0.2, -0.15) is 0 Å². The van der Waals surface area contributed by atoms with E-state index < -0.39 is 0 Å². The second-order valence-electron chi connectivity index (χ2n) is 5.80. The Balaban J connectivity index is 1.98. The zero-order valence-corrected chi connectivity index (χ0v) is 10.9. The lowest BCUT2D eigenvalue weighted by atomic mass is 9.76. The molecule has 0 aromatic rings. The Bertz CT molecular complexity index is 299. The van der Waals surface area contributed by atoms with Crippen LogP contribution in [0.25, 0.3) is 0 Å². The molecule has 0 aromatic heterocycles. The number of likely N-dealkylation sites (N-methyl/N-ethyl adjacent to an activating group) is 1. The Kier molecular flexibility index (Phi) is 3.52. The van der Waals surface area contributed by atoms with E-state index in [1.54, 1.807) is 0 Å². The zero-order chi connectivity index (χ0) is 12.5. The van der Waals surface area contributed by atoms with Crippen molar-refractivity contribution in [3.05, 3.63) is 0 Å². The summed E-state index contributed by atoms with van der Waals surface area (Å²) in [7, 11) is 3.91. The number of nitrogens with zero attached hydrogens (tertiary/aromatic N) is 2. The molecule has 2 amide bonds. The molecule has 0 atom stereocenters. The molecule has 1 heterocycles. The van der Waals surface area contributed by atoms with Crippen LogP contribution < -0.4 is 0 Å². The first-order valence-corrected chi connectivity index (χ1v) is 6.50. The summed E-state index contributed by atoms with van der Waals surface area (Å²) < 4.78 is 0. The van der Waals surface area contributed by atoms with Gasteiger partial charge in [-0.3, -0.25) is 14.5 Å². The molecule has 96 valence electrons. The number of piperidine rings is 1. The largest absolute Gasteiger partial charge is 0.308 e. The molecule has 0 bridgehead atoms. The Morgan fingerprint density at radius 1 is 1.12 bits per heavy atom. The summed E-state index contributed by atoms with van der Waals surface area (Å²) in [5.74, 6) is 0.0926. The van der Waals surface area contributed by atoms with Crippen LogP contribution >= 0.6 is 0 Å². The van der Waals surface area contributed by atoms with E-state index in [4.69, 9.17) is 0 Å². The normalized spacial score (nSPS) is 24.1. The van der Waals surface area contributed by atoms with Gasteiger partial charge in [-0.1, -0.05) is 12.8 Å². The molecule has 4 nitrogen and oxygen atoms in total. The maximum Gasteiger partial charge on any atom is 0.229 e. The van der Waals surface area contributed by atoms with Crippen LogP contribution in [-0.2, 0) is 9.59 Å². The van der Waals surface area contributed by atoms with Crippen molar-refractivity contribution in [2.45, 2.75) is 38.5 Å². The van der Waals surface area contributed by atoms with Gasteiger partial charge >= 0.3 is 0 Å². The Morgan fingerprint density at radius 2 is 1.65 bits per heavy atom. The van der Waals surface area contributed by atoms with Crippen molar-refractivity contribution in [1.82, 2.24) is 9.80 Å². The summed E-state index contributed by atoms with van der Waals surface area (Å²) in [6.07, 6.45) is 5.66. The average Bonchev–Trinajstić information content (AvgIpc) is 2.64. The van der Waals surface area contributed by atoms with Crippen molar-refractivity contribution in [2.24, 2.45) is 5.41 Å². The number of carbonyl (C=O) groups is 2. The van der Waals surface area contributed by atoms with Crippen molar-refractivity contribution >= 4 is 11.8 Å². The fourth-order valence-electron chi connectivity index (χ4n) is 3.06. The molecule has 17 heavy (non-hydrogen) atoms. The van der Waals surface area contributed by atoms with Crippen LogP contribution in [0.4, 0.5) is 0 Å². The van der Waals surface area contributed by atoms with E-state index >= 15 is 0 Å². The van der Waals surface area contributed by atoms with Gasteiger partial charge in [0.1, 0.15) is 0 Å². The summed E-state index contributed by atoms with van der Waals surface area (Å²) in [4.78, 5) is 27.6. The molecule has 1 saturated heterocycles. The first kappa shape index (κ1) is 12.6. The van der Waals surface area contributed by atoms with Crippen LogP contribution in [0, 0.1) is 5.41 Å². The van der Waals surface area contributed by atoms with Gasteiger partial charge in [0.15, 0.2) is 0 Å². The highest BCUT2D eigenvalue weighted by Gasteiger charge is 2.44. The van der Waals surface area contributed by atoms with Gasteiger partial charge in [0.2, 0.25) is 11.8 Å². The molecule has 1 spiro atoms. The lowest BCUT2D eigenvalue weighted by Crippen LogP contribution is -2.49. The molecule has 0 N–H and O–H groups in total. The molecule has 0 aromatic carbocycles. The molecule has 1 aliphatic heterocycles. The monoisotopic (exact) mass is 238 g/mol. The minimum atomic E-state index is 0.0305. The Hall–Kier alpha value is -0.900. The van der Waals surface area contributed by atoms with E-state index in [0.717, 1.165) is 19.4 Å². The highest BCUT2D eigenvalue weighted by atomic mass is 16.2. The molecular formula is C13H22N2O2. The minimum absolute atomic E-state index is 0.0305. The number of amides is 2. The van der Waals surface area contributed by atoms with Crippen LogP contribution in [-0.4, -0.2) is 48.8 Å². The van der Waals surface area contributed by atoms with Crippen LogP contribution in [0.3, 0.4) is 0 Å². The summed E-state index contributed by atoms with van der Waals surface area (Å²) >= 11 is 0. The van der Waals surface area contributed by atoms with Crippen molar-refractivity contribution in [3.63, 3.8) is 0 Å². The highest BCUT2D eigenvalue weighted by molar-refractivity contribution is 5.98. The number of likely N-dealkylation sites (tertiary alicyclic amines) is 1. The van der Waals surface area contributed by atoms with E-state index in [1.165, 1.54) is 17.7 Å². The van der Waals surface area contributed by atoms with E-state index in [9.17, 15) is 9.59 Å². The summed E-state index contributed by atoms with van der Waals surface area (Å²) in [6.45, 7) is 1.30. The van der Waals surface area contributed by atoms with Crippen molar-refractivity contribution in [1.29, 1.82) is 0 Å². The molecule has 0 unspecified atom stereocenters. The van der Waals surface area contributed by atoms with Gasteiger partial charge < -0.3 is 4.90 Å². The number of carbonyl (C=O) groups excluding carboxylic acids is 2. The fourth-order valence-corrected chi connectivity index (χ4v) is 3.06. The lowest BCUT2D eigenvalue weighted by Gasteiger charge is -2.37. The third kappa shape index (κ3) is 2.68. The lowest BCUT2D eigenvalue weighted by molar-refractivity contribution is -0.153. The van der Waals surface area contributed by atoms with Gasteiger partial charge in [-0.05, 0) is 32.4 Å². The van der Waals surface area contributed by atoms with E-state index in [1.807, 2.05) is 19.0 Å². The number of hydrogen-bond donors (Lipinski definition) is 0. The van der Waals surface area contributed by atoms with Crippen LogP contribution in [0.15, 0.2) is 0 Å². The minimum Gasteiger partial charge on any atom is -0.308 e. The molecular weight excluding hydrogens is 216 g/mol. The zero-order valence-electron chi connectivity index (χ0n) is 10.9. The van der Waals surface area contributed by atoms with Crippen molar-refractivity contribution in [3.8, 4) is 0 Å². The van der Waals surface area contributed by atoms with E-state index in [2.05, 4.69) is 0 Å². The van der Waals surface area contributed by atoms with E-state index in [0.29, 0.717) is 19.4 Å². The molecule has 1 aliphatic carbocycles. The average molecular weight is 238 g/mol. The van der Waals surface area contributed by atoms with Crippen molar-refractivity contribution in [2.75, 3.05) is 27.2 Å². The second kappa shape index (κ2) is 4.77. The van der Waals surface area contributed by atoms with Crippen molar-refractivity contribution < 1.29 is 9.59 Å². The van der Waals surface area contributed by atoms with Crippen LogP contribution in [0.2, 0.25) is 0 Å². The first-order valence-electron chi connectivity index (χ1n) is 6.50. The van der Waals surface area contributed by atoms with Gasteiger partial charge in [0.05, 0.1) is 0 Å². The Morgan fingerprint density at radius 3 is 2.12 bits per heavy atom. The molecule has 4 heteroatoms. The number of rotatable bonds is 3. The first-order chi connectivity index (χ1) is 8.02. The van der Waals surface area contributed by atoms with Crippen LogP contribution in [0.1, 0.15) is 38.5 Å². The smallest absolute Gasteiger partial charge is 0.229 e. The summed E-state index contributed by atoms with van der Waals surface area (Å²) in [5.41, 5.74) is 0.0305. The standard InChI is InChI=1S/C13H22N2O2/c1-14(2)7-8-15-11(16)9-13(10-12(15)17)5-3-4-6-13/h3-10H2,1-2H3. The van der Waals surface area contributed by atoms with Gasteiger partial charge in [-0.25, -0.2) is 0 Å². The van der Waals surface area contributed by atoms with Gasteiger partial charge in [-0.15, -0.1) is 0 Å². The quantitative estimate of drug-likeness (QED) is 0.695. The van der Waals surface area contributed by atoms with Crippen LogP contribution in [0.5, 0.6) is 0 Å². The molecule has 2 aliphatic rings. The SMILES string of the molecule is CN(C)CCN1C(=O)CC2(CCCC2)CC1=O. The number of imide groups is 1. The predicted molar refractivity (Wildman–Crippen MR) is 65.4 cm³/mol. The molecule has 2 fully saturated rings. The van der Waals surface area contributed by atoms with Gasteiger partial charge in [0, 0.05) is 25.9 Å². The second-order valence-corrected chi connectivity index (χ2v) is 5.80. The highest BCUT2D eigenvalue weighted by Crippen LogP contribution is 2.46. The number of hydrogen-bond acceptors (Lipinski definition) is 3. The molecule has 1 saturated carbocycles. The predicted octanol–water partition coefficient (Wildman–Crippen LogP) is 1.26. The topological polar surface area (TPSA) is 40.6 Å². The maximum absolute atomic E-state index is 12.1. The third-order valence-electron chi connectivity index (χ3n) is 4.09. The van der Waals surface area contributed by atoms with Gasteiger partial charge in [0.25, 0.3) is 0 Å². The third-order valence-corrected chi connectivity index (χ3v) is 4.09. The summed E-state index contributed by atoms with van der Waals surface area (Å²) in [6, 6.07) is 0. The maximum atomic E-state index is 12.1. The Labute approximate surface area is 103 Å². The fraction of sp³-hybridized carbons (Fsp3) is 0.846.